The Balaban J connectivity index is 1.32. The molecule has 0 amide bonds. The first-order valence-electron chi connectivity index (χ1n) is 11.6. The molecular weight excluding hydrogens is 466 g/mol. The van der Waals surface area contributed by atoms with Crippen molar-refractivity contribution in [1.29, 1.82) is 0 Å². The minimum Gasteiger partial charge on any atom is -0.346 e. The number of likely N-dealkylation sites (tertiary alicyclic amines) is 1. The summed E-state index contributed by atoms with van der Waals surface area (Å²) >= 11 is 0. The van der Waals surface area contributed by atoms with Crippen LogP contribution in [0.3, 0.4) is 0 Å². The Morgan fingerprint density at radius 1 is 1.08 bits per heavy atom. The fourth-order valence-corrected chi connectivity index (χ4v) is 4.70. The van der Waals surface area contributed by atoms with Crippen molar-refractivity contribution < 1.29 is 8.78 Å². The summed E-state index contributed by atoms with van der Waals surface area (Å²) in [4.78, 5) is 25.9. The van der Waals surface area contributed by atoms with Crippen LogP contribution in [-0.2, 0) is 0 Å². The number of hydrogen-bond acceptors (Lipinski definition) is 7. The van der Waals surface area contributed by atoms with Crippen molar-refractivity contribution >= 4 is 28.3 Å². The van der Waals surface area contributed by atoms with Gasteiger partial charge in [0, 0.05) is 29.9 Å². The first kappa shape index (κ1) is 22.2. The van der Waals surface area contributed by atoms with Gasteiger partial charge in [0.1, 0.15) is 17.2 Å². The van der Waals surface area contributed by atoms with E-state index in [0.717, 1.165) is 43.9 Å². The second kappa shape index (κ2) is 8.76. The average molecular weight is 489 g/mol. The minimum atomic E-state index is -0.758. The van der Waals surface area contributed by atoms with E-state index in [1.807, 2.05) is 6.07 Å². The molecule has 1 aromatic carbocycles. The molecule has 11 heteroatoms. The second-order valence-electron chi connectivity index (χ2n) is 9.01. The van der Waals surface area contributed by atoms with E-state index in [-0.39, 0.29) is 22.6 Å². The Morgan fingerprint density at radius 3 is 2.69 bits per heavy atom. The van der Waals surface area contributed by atoms with Crippen LogP contribution in [-0.4, -0.2) is 54.6 Å². The SMILES string of the molecule is CN1CCC(c2ccc(Nc3ncc(F)c(-c4cc(F)c5c(=O)cc6[nH]ccn6c5c4)n3)nn2)CC1. The number of pyridine rings is 1. The van der Waals surface area contributed by atoms with Gasteiger partial charge in [0.15, 0.2) is 17.1 Å². The number of aromatic nitrogens is 6. The predicted molar refractivity (Wildman–Crippen MR) is 131 cm³/mol. The smallest absolute Gasteiger partial charge is 0.229 e. The highest BCUT2D eigenvalue weighted by molar-refractivity contribution is 5.87. The lowest BCUT2D eigenvalue weighted by Gasteiger charge is -2.28. The topological polar surface area (TPSA) is 104 Å². The highest BCUT2D eigenvalue weighted by Gasteiger charge is 2.20. The molecular formula is C25H22F2N8O. The summed E-state index contributed by atoms with van der Waals surface area (Å²) in [6, 6.07) is 7.67. The van der Waals surface area contributed by atoms with Gasteiger partial charge in [0.05, 0.1) is 22.8 Å². The van der Waals surface area contributed by atoms with E-state index in [2.05, 4.69) is 42.4 Å². The normalized spacial score (nSPS) is 15.1. The van der Waals surface area contributed by atoms with Gasteiger partial charge in [-0.25, -0.2) is 18.7 Å². The molecule has 6 rings (SSSR count). The van der Waals surface area contributed by atoms with E-state index in [0.29, 0.717) is 22.9 Å². The number of imidazole rings is 1. The molecule has 2 N–H and O–H groups in total. The van der Waals surface area contributed by atoms with Gasteiger partial charge in [-0.2, -0.15) is 5.10 Å². The number of hydrogen-bond donors (Lipinski definition) is 2. The van der Waals surface area contributed by atoms with Crippen molar-refractivity contribution in [3.05, 3.63) is 76.5 Å². The molecule has 0 saturated carbocycles. The van der Waals surface area contributed by atoms with E-state index < -0.39 is 17.1 Å². The largest absolute Gasteiger partial charge is 0.346 e. The lowest BCUT2D eigenvalue weighted by Crippen LogP contribution is -2.29. The summed E-state index contributed by atoms with van der Waals surface area (Å²) in [6.45, 7) is 2.05. The third-order valence-electron chi connectivity index (χ3n) is 6.64. The fourth-order valence-electron chi connectivity index (χ4n) is 4.70. The maximum Gasteiger partial charge on any atom is 0.229 e. The summed E-state index contributed by atoms with van der Waals surface area (Å²) in [7, 11) is 2.11. The van der Waals surface area contributed by atoms with Crippen LogP contribution in [0.1, 0.15) is 24.5 Å². The standard InChI is InChI=1S/C25H22F2N8O/c1-34-7-4-14(5-8-34)18-2-3-21(33-32-18)30-25-29-13-17(27)24(31-25)15-10-16(26)23-19(11-15)35-9-6-28-22(35)12-20(23)36/h2-3,6,9-14,28H,4-5,7-8H2,1H3,(H,29,30,31,33). The molecule has 36 heavy (non-hydrogen) atoms. The average Bonchev–Trinajstić information content (AvgIpc) is 3.34. The molecule has 0 bridgehead atoms. The number of halogens is 2. The monoisotopic (exact) mass is 488 g/mol. The molecule has 9 nitrogen and oxygen atoms in total. The number of piperidine rings is 1. The highest BCUT2D eigenvalue weighted by atomic mass is 19.1. The predicted octanol–water partition coefficient (Wildman–Crippen LogP) is 3.86. The van der Waals surface area contributed by atoms with Crippen molar-refractivity contribution in [2.75, 3.05) is 25.5 Å². The molecule has 1 aliphatic rings. The van der Waals surface area contributed by atoms with Gasteiger partial charge >= 0.3 is 0 Å². The van der Waals surface area contributed by atoms with Gasteiger partial charge in [-0.3, -0.25) is 4.79 Å². The minimum absolute atomic E-state index is 0.0800. The first-order chi connectivity index (χ1) is 17.5. The van der Waals surface area contributed by atoms with Gasteiger partial charge in [-0.15, -0.1) is 5.10 Å². The Hall–Kier alpha value is -4.25. The Bertz CT molecular complexity index is 1640. The number of nitrogens with one attached hydrogen (secondary N) is 2. The van der Waals surface area contributed by atoms with Crippen molar-refractivity contribution in [2.45, 2.75) is 18.8 Å². The van der Waals surface area contributed by atoms with Crippen molar-refractivity contribution in [3.8, 4) is 11.3 Å². The number of rotatable bonds is 4. The van der Waals surface area contributed by atoms with E-state index in [1.54, 1.807) is 22.9 Å². The van der Waals surface area contributed by atoms with Crippen LogP contribution >= 0.6 is 0 Å². The zero-order valence-electron chi connectivity index (χ0n) is 19.4. The molecule has 0 unspecified atom stereocenters. The number of anilines is 2. The molecule has 0 aliphatic carbocycles. The molecule has 4 aromatic heterocycles. The van der Waals surface area contributed by atoms with Crippen LogP contribution in [0.25, 0.3) is 27.8 Å². The van der Waals surface area contributed by atoms with Crippen molar-refractivity contribution in [1.82, 2.24) is 34.4 Å². The highest BCUT2D eigenvalue weighted by Crippen LogP contribution is 2.29. The van der Waals surface area contributed by atoms with Gasteiger partial charge in [0.25, 0.3) is 0 Å². The van der Waals surface area contributed by atoms with E-state index in [9.17, 15) is 13.6 Å². The molecule has 0 spiro atoms. The van der Waals surface area contributed by atoms with Gasteiger partial charge in [-0.05, 0) is 57.2 Å². The van der Waals surface area contributed by atoms with Crippen LogP contribution < -0.4 is 10.7 Å². The Morgan fingerprint density at radius 2 is 1.92 bits per heavy atom. The number of fused-ring (bicyclic) bond motifs is 3. The van der Waals surface area contributed by atoms with Gasteiger partial charge < -0.3 is 19.6 Å². The summed E-state index contributed by atoms with van der Waals surface area (Å²) in [5.74, 6) is -0.611. The lowest BCUT2D eigenvalue weighted by molar-refractivity contribution is 0.253. The molecule has 0 radical (unpaired) electrons. The number of benzene rings is 1. The third-order valence-corrected chi connectivity index (χ3v) is 6.64. The van der Waals surface area contributed by atoms with Crippen LogP contribution in [0, 0.1) is 11.6 Å². The molecule has 1 fully saturated rings. The quantitative estimate of drug-likeness (QED) is 0.396. The van der Waals surface area contributed by atoms with Gasteiger partial charge in [0.2, 0.25) is 5.95 Å². The lowest BCUT2D eigenvalue weighted by atomic mass is 9.94. The van der Waals surface area contributed by atoms with Crippen molar-refractivity contribution in [2.24, 2.45) is 0 Å². The zero-order chi connectivity index (χ0) is 24.8. The molecule has 1 saturated heterocycles. The maximum absolute atomic E-state index is 15.0. The molecule has 182 valence electrons. The fraction of sp³-hybridized carbons (Fsp3) is 0.240. The Labute approximate surface area is 203 Å². The summed E-state index contributed by atoms with van der Waals surface area (Å²) < 4.78 is 31.4. The van der Waals surface area contributed by atoms with E-state index >= 15 is 0 Å². The first-order valence-corrected chi connectivity index (χ1v) is 11.6. The number of H-pyrrole nitrogens is 1. The summed E-state index contributed by atoms with van der Waals surface area (Å²) in [5, 5.41) is 11.5. The molecule has 5 aromatic rings. The van der Waals surface area contributed by atoms with Crippen LogP contribution in [0.15, 0.2) is 53.7 Å². The van der Waals surface area contributed by atoms with Crippen LogP contribution in [0.2, 0.25) is 0 Å². The molecule has 1 aliphatic heterocycles. The summed E-state index contributed by atoms with van der Waals surface area (Å²) in [5.41, 5.74) is 1.34. The number of aromatic amines is 1. The maximum atomic E-state index is 15.0. The number of nitrogens with zero attached hydrogens (tertiary/aromatic N) is 6. The van der Waals surface area contributed by atoms with Crippen molar-refractivity contribution in [3.63, 3.8) is 0 Å². The summed E-state index contributed by atoms with van der Waals surface area (Å²) in [6.07, 6.45) is 6.37. The zero-order valence-corrected chi connectivity index (χ0v) is 19.4. The van der Waals surface area contributed by atoms with Crippen LogP contribution in [0.4, 0.5) is 20.5 Å². The van der Waals surface area contributed by atoms with E-state index in [1.165, 1.54) is 12.1 Å². The van der Waals surface area contributed by atoms with E-state index in [4.69, 9.17) is 0 Å². The van der Waals surface area contributed by atoms with Crippen LogP contribution in [0.5, 0.6) is 0 Å². The third kappa shape index (κ3) is 3.97. The molecule has 0 atom stereocenters. The van der Waals surface area contributed by atoms with Gasteiger partial charge in [-0.1, -0.05) is 0 Å². The Kier molecular flexibility index (Phi) is 5.41. The second-order valence-corrected chi connectivity index (χ2v) is 9.01. The molecule has 5 heterocycles.